The third-order valence-corrected chi connectivity index (χ3v) is 8.15. The van der Waals surface area contributed by atoms with Crippen molar-refractivity contribution in [1.29, 1.82) is 0 Å². The van der Waals surface area contributed by atoms with Gasteiger partial charge in [-0.3, -0.25) is 0 Å². The second-order valence-electron chi connectivity index (χ2n) is 8.82. The van der Waals surface area contributed by atoms with Gasteiger partial charge in [-0.05, 0) is 48.9 Å². The van der Waals surface area contributed by atoms with Gasteiger partial charge in [0.25, 0.3) is 0 Å². The minimum Gasteiger partial charge on any atom is -0.487 e. The Balaban J connectivity index is 1.33. The summed E-state index contributed by atoms with van der Waals surface area (Å²) in [7, 11) is -4.32. The molecule has 3 heterocycles. The molecule has 0 amide bonds. The van der Waals surface area contributed by atoms with Crippen molar-refractivity contribution in [3.8, 4) is 5.75 Å². The van der Waals surface area contributed by atoms with E-state index in [2.05, 4.69) is 26.8 Å². The zero-order valence-corrected chi connectivity index (χ0v) is 21.4. The Morgan fingerprint density at radius 1 is 1.15 bits per heavy atom. The van der Waals surface area contributed by atoms with Crippen LogP contribution in [-0.4, -0.2) is 53.6 Å². The molecule has 10 heteroatoms. The van der Waals surface area contributed by atoms with E-state index < -0.39 is 20.6 Å². The number of hydrogen-bond acceptors (Lipinski definition) is 8. The molecule has 0 spiro atoms. The van der Waals surface area contributed by atoms with Gasteiger partial charge in [0, 0.05) is 43.1 Å². The van der Waals surface area contributed by atoms with Crippen LogP contribution in [0.4, 0.5) is 5.95 Å². The number of anilines is 1. The molecular formula is C24H30N4O4S2. The van der Waals surface area contributed by atoms with Crippen LogP contribution in [0.25, 0.3) is 0 Å². The number of aliphatic imine (C=N–C) groups is 1. The fourth-order valence-corrected chi connectivity index (χ4v) is 6.20. The van der Waals surface area contributed by atoms with Gasteiger partial charge in [0.2, 0.25) is 5.95 Å². The predicted molar refractivity (Wildman–Crippen MR) is 135 cm³/mol. The van der Waals surface area contributed by atoms with E-state index in [4.69, 9.17) is 4.74 Å². The van der Waals surface area contributed by atoms with Gasteiger partial charge in [-0.2, -0.15) is 0 Å². The van der Waals surface area contributed by atoms with Crippen molar-refractivity contribution < 1.29 is 17.4 Å². The Labute approximate surface area is 203 Å². The first-order valence-electron chi connectivity index (χ1n) is 11.4. The summed E-state index contributed by atoms with van der Waals surface area (Å²) in [5, 5.41) is 2.39. The molecule has 4 rings (SSSR count). The maximum Gasteiger partial charge on any atom is 0.225 e. The summed E-state index contributed by atoms with van der Waals surface area (Å²) in [4.78, 5) is 15.8. The molecule has 1 aromatic carbocycles. The first-order valence-corrected chi connectivity index (χ1v) is 14.6. The van der Waals surface area contributed by atoms with Crippen LogP contribution in [0.15, 0.2) is 46.7 Å². The predicted octanol–water partition coefficient (Wildman–Crippen LogP) is 3.19. The van der Waals surface area contributed by atoms with Crippen molar-refractivity contribution in [2.75, 3.05) is 30.9 Å². The second-order valence-corrected chi connectivity index (χ2v) is 12.2. The highest BCUT2D eigenvalue weighted by Gasteiger charge is 2.30. The highest BCUT2D eigenvalue weighted by atomic mass is 32.2. The van der Waals surface area contributed by atoms with Gasteiger partial charge >= 0.3 is 0 Å². The number of rotatable bonds is 8. The molecule has 34 heavy (non-hydrogen) atoms. The lowest BCUT2D eigenvalue weighted by Gasteiger charge is -2.31. The molecule has 0 radical (unpaired) electrons. The number of piperidine rings is 1. The quantitative estimate of drug-likeness (QED) is 0.546. The van der Waals surface area contributed by atoms with Crippen LogP contribution in [-0.2, 0) is 32.8 Å². The summed E-state index contributed by atoms with van der Waals surface area (Å²) < 4.78 is 41.6. The zero-order valence-electron chi connectivity index (χ0n) is 19.7. The van der Waals surface area contributed by atoms with E-state index in [1.165, 1.54) is 6.26 Å². The highest BCUT2D eigenvalue weighted by Crippen LogP contribution is 2.28. The van der Waals surface area contributed by atoms with Crippen LogP contribution >= 0.6 is 0 Å². The maximum absolute atomic E-state index is 12.7. The monoisotopic (exact) mass is 502 g/mol. The number of benzene rings is 1. The molecular weight excluding hydrogens is 472 g/mol. The van der Waals surface area contributed by atoms with E-state index in [1.807, 2.05) is 25.4 Å². The average molecular weight is 503 g/mol. The number of ether oxygens (including phenoxy) is 1. The van der Waals surface area contributed by atoms with E-state index in [0.717, 1.165) is 60.0 Å². The SMILES string of the molecule is CCc1cnc(N2CCC(C3=NC(COc4ccc(CS(C)(=O)=O)cc4C)=CS3=O)CC2)nc1. The third-order valence-electron chi connectivity index (χ3n) is 5.97. The molecule has 1 aromatic heterocycles. The first kappa shape index (κ1) is 24.5. The van der Waals surface area contributed by atoms with Crippen molar-refractivity contribution in [3.63, 3.8) is 0 Å². The van der Waals surface area contributed by atoms with E-state index in [9.17, 15) is 12.6 Å². The smallest absolute Gasteiger partial charge is 0.225 e. The van der Waals surface area contributed by atoms with E-state index in [1.54, 1.807) is 17.5 Å². The van der Waals surface area contributed by atoms with E-state index in [-0.39, 0.29) is 18.3 Å². The second kappa shape index (κ2) is 10.4. The largest absolute Gasteiger partial charge is 0.487 e. The summed E-state index contributed by atoms with van der Waals surface area (Å²) in [5.41, 5.74) is 3.36. The number of sulfone groups is 1. The Kier molecular flexibility index (Phi) is 7.47. The lowest BCUT2D eigenvalue weighted by molar-refractivity contribution is 0.348. The minimum atomic E-state index is -3.09. The molecule has 2 aliphatic heterocycles. The van der Waals surface area contributed by atoms with Crippen LogP contribution in [0.2, 0.25) is 0 Å². The van der Waals surface area contributed by atoms with Crippen molar-refractivity contribution in [2.24, 2.45) is 10.9 Å². The van der Waals surface area contributed by atoms with Crippen molar-refractivity contribution >= 4 is 31.6 Å². The fourth-order valence-electron chi connectivity index (χ4n) is 4.16. The molecule has 0 bridgehead atoms. The van der Waals surface area contributed by atoms with Gasteiger partial charge < -0.3 is 9.64 Å². The molecule has 182 valence electrons. The van der Waals surface area contributed by atoms with Crippen LogP contribution in [0.5, 0.6) is 5.75 Å². The minimum absolute atomic E-state index is 0.000892. The molecule has 1 atom stereocenters. The average Bonchev–Trinajstić information content (AvgIpc) is 3.18. The molecule has 0 aliphatic carbocycles. The lowest BCUT2D eigenvalue weighted by atomic mass is 9.98. The van der Waals surface area contributed by atoms with E-state index in [0.29, 0.717) is 11.4 Å². The van der Waals surface area contributed by atoms with Gasteiger partial charge in [-0.25, -0.2) is 27.6 Å². The molecule has 8 nitrogen and oxygen atoms in total. The van der Waals surface area contributed by atoms with Crippen molar-refractivity contribution in [3.05, 3.63) is 58.4 Å². The Morgan fingerprint density at radius 3 is 2.47 bits per heavy atom. The fraction of sp³-hybridized carbons (Fsp3) is 0.458. The Hall–Kier alpha value is -2.59. The van der Waals surface area contributed by atoms with Gasteiger partial charge in [0.05, 0.1) is 22.2 Å². The molecule has 1 saturated heterocycles. The standard InChI is InChI=1S/C24H30N4O4S2/c1-4-18-12-25-24(26-13-18)28-9-7-20(8-10-28)23-27-21(15-33(23)29)14-32-22-6-5-19(11-17(22)2)16-34(3,30)31/h5-6,11-13,15,20H,4,7-10,14,16H2,1-3H3. The Morgan fingerprint density at radius 2 is 1.85 bits per heavy atom. The zero-order chi connectivity index (χ0) is 24.3. The first-order chi connectivity index (χ1) is 16.2. The molecule has 0 saturated carbocycles. The summed E-state index contributed by atoms with van der Waals surface area (Å²) in [5.74, 6) is 1.57. The lowest BCUT2D eigenvalue weighted by Crippen LogP contribution is -2.37. The van der Waals surface area contributed by atoms with E-state index >= 15 is 0 Å². The summed E-state index contributed by atoms with van der Waals surface area (Å²) >= 11 is 0. The van der Waals surface area contributed by atoms with Crippen LogP contribution in [0.3, 0.4) is 0 Å². The number of aryl methyl sites for hydroxylation is 2. The highest BCUT2D eigenvalue weighted by molar-refractivity contribution is 8.03. The van der Waals surface area contributed by atoms with Crippen LogP contribution in [0.1, 0.15) is 36.5 Å². The molecule has 1 unspecified atom stereocenters. The summed E-state index contributed by atoms with van der Waals surface area (Å²) in [6.45, 7) is 5.79. The number of hydrogen-bond donors (Lipinski definition) is 0. The van der Waals surface area contributed by atoms with Crippen LogP contribution < -0.4 is 9.64 Å². The van der Waals surface area contributed by atoms with Crippen molar-refractivity contribution in [1.82, 2.24) is 9.97 Å². The topological polar surface area (TPSA) is 102 Å². The normalized spacial score (nSPS) is 19.1. The third kappa shape index (κ3) is 6.09. The van der Waals surface area contributed by atoms with Gasteiger partial charge in [0.15, 0.2) is 9.84 Å². The Bertz CT molecular complexity index is 1230. The summed E-state index contributed by atoms with van der Waals surface area (Å²) in [6, 6.07) is 5.35. The molecule has 0 N–H and O–H groups in total. The number of nitrogens with zero attached hydrogens (tertiary/aromatic N) is 4. The molecule has 2 aromatic rings. The maximum atomic E-state index is 12.7. The number of aromatic nitrogens is 2. The van der Waals surface area contributed by atoms with Gasteiger partial charge in [0.1, 0.15) is 17.4 Å². The van der Waals surface area contributed by atoms with Crippen molar-refractivity contribution in [2.45, 2.75) is 38.9 Å². The van der Waals surface area contributed by atoms with Gasteiger partial charge in [-0.15, -0.1) is 0 Å². The summed E-state index contributed by atoms with van der Waals surface area (Å²) in [6.07, 6.45) is 7.60. The van der Waals surface area contributed by atoms with Gasteiger partial charge in [-0.1, -0.05) is 19.1 Å². The molecule has 2 aliphatic rings. The van der Waals surface area contributed by atoms with Crippen LogP contribution in [0, 0.1) is 12.8 Å². The molecule has 1 fully saturated rings.